The summed E-state index contributed by atoms with van der Waals surface area (Å²) >= 11 is 0. The Balaban J connectivity index is 2.65. The molecule has 0 unspecified atom stereocenters. The summed E-state index contributed by atoms with van der Waals surface area (Å²) in [6.07, 6.45) is 5.35. The van der Waals surface area contributed by atoms with Crippen molar-refractivity contribution in [1.29, 1.82) is 0 Å². The Kier molecular flexibility index (Phi) is 2.37. The smallest absolute Gasteiger partial charge is 0.0937 e. The molecule has 2 rings (SSSR count). The van der Waals surface area contributed by atoms with Gasteiger partial charge in [-0.1, -0.05) is 0 Å². The van der Waals surface area contributed by atoms with Crippen LogP contribution in [-0.2, 0) is 0 Å². The van der Waals surface area contributed by atoms with Gasteiger partial charge in [-0.15, -0.1) is 0 Å². The molecule has 0 saturated heterocycles. The lowest BCUT2D eigenvalue weighted by atomic mass is 10.0. The minimum Gasteiger partial charge on any atom is -0.397 e. The van der Waals surface area contributed by atoms with Crippen LogP contribution in [0.3, 0.4) is 0 Å². The van der Waals surface area contributed by atoms with Crippen molar-refractivity contribution >= 4 is 5.69 Å². The third-order valence-electron chi connectivity index (χ3n) is 2.48. The van der Waals surface area contributed by atoms with Gasteiger partial charge in [-0.3, -0.25) is 9.97 Å². The normalized spacial score (nSPS) is 10.3. The van der Waals surface area contributed by atoms with Gasteiger partial charge in [-0.25, -0.2) is 0 Å². The van der Waals surface area contributed by atoms with Crippen molar-refractivity contribution in [1.82, 2.24) is 9.97 Å². The lowest BCUT2D eigenvalue weighted by Gasteiger charge is -2.08. The molecule has 2 aromatic heterocycles. The molecule has 0 fully saturated rings. The van der Waals surface area contributed by atoms with Crippen LogP contribution in [0.25, 0.3) is 11.3 Å². The molecule has 0 radical (unpaired) electrons. The molecule has 0 aliphatic rings. The van der Waals surface area contributed by atoms with Crippen LogP contribution in [0.1, 0.15) is 11.1 Å². The van der Waals surface area contributed by atoms with Gasteiger partial charge in [0.2, 0.25) is 0 Å². The molecule has 3 nitrogen and oxygen atoms in total. The molecule has 2 N–H and O–H groups in total. The summed E-state index contributed by atoms with van der Waals surface area (Å²) in [5.74, 6) is 0. The highest BCUT2D eigenvalue weighted by Crippen LogP contribution is 2.27. The van der Waals surface area contributed by atoms with Crippen molar-refractivity contribution in [3.05, 3.63) is 41.9 Å². The van der Waals surface area contributed by atoms with Crippen molar-refractivity contribution in [2.24, 2.45) is 0 Å². The summed E-state index contributed by atoms with van der Waals surface area (Å²) in [5.41, 5.74) is 10.8. The van der Waals surface area contributed by atoms with Crippen LogP contribution in [-0.4, -0.2) is 9.97 Å². The van der Waals surface area contributed by atoms with E-state index in [1.165, 1.54) is 0 Å². The number of pyridine rings is 2. The SMILES string of the molecule is Cc1cnccc1-c1nccc(C)c1N. The highest BCUT2D eigenvalue weighted by atomic mass is 14.7. The van der Waals surface area contributed by atoms with Gasteiger partial charge in [-0.05, 0) is 37.1 Å². The van der Waals surface area contributed by atoms with Gasteiger partial charge in [-0.2, -0.15) is 0 Å². The molecule has 0 spiro atoms. The van der Waals surface area contributed by atoms with Gasteiger partial charge in [0.05, 0.1) is 11.4 Å². The van der Waals surface area contributed by atoms with E-state index in [0.717, 1.165) is 28.1 Å². The quantitative estimate of drug-likeness (QED) is 0.767. The van der Waals surface area contributed by atoms with Gasteiger partial charge in [0.1, 0.15) is 0 Å². The first kappa shape index (κ1) is 9.65. The zero-order chi connectivity index (χ0) is 10.8. The molecule has 0 aliphatic heterocycles. The fraction of sp³-hybridized carbons (Fsp3) is 0.167. The van der Waals surface area contributed by atoms with E-state index in [-0.39, 0.29) is 0 Å². The van der Waals surface area contributed by atoms with Crippen molar-refractivity contribution < 1.29 is 0 Å². The largest absolute Gasteiger partial charge is 0.397 e. The van der Waals surface area contributed by atoms with Crippen LogP contribution in [0.5, 0.6) is 0 Å². The predicted octanol–water partition coefficient (Wildman–Crippen LogP) is 2.34. The summed E-state index contributed by atoms with van der Waals surface area (Å²) in [5, 5.41) is 0. The topological polar surface area (TPSA) is 51.8 Å². The van der Waals surface area contributed by atoms with Crippen LogP contribution in [0.15, 0.2) is 30.7 Å². The second-order valence-electron chi connectivity index (χ2n) is 3.58. The van der Waals surface area contributed by atoms with Crippen LogP contribution in [0.2, 0.25) is 0 Å². The van der Waals surface area contributed by atoms with E-state index in [1.807, 2.05) is 32.2 Å². The Morgan fingerprint density at radius 3 is 2.60 bits per heavy atom. The third-order valence-corrected chi connectivity index (χ3v) is 2.48. The molecule has 0 saturated carbocycles. The Morgan fingerprint density at radius 1 is 1.07 bits per heavy atom. The van der Waals surface area contributed by atoms with Crippen molar-refractivity contribution in [2.45, 2.75) is 13.8 Å². The minimum absolute atomic E-state index is 0.742. The summed E-state index contributed by atoms with van der Waals surface area (Å²) in [6, 6.07) is 3.85. The molecule has 15 heavy (non-hydrogen) atoms. The number of nitrogens with zero attached hydrogens (tertiary/aromatic N) is 2. The van der Waals surface area contributed by atoms with E-state index in [9.17, 15) is 0 Å². The Morgan fingerprint density at radius 2 is 1.87 bits per heavy atom. The molecular formula is C12H13N3. The molecule has 0 aliphatic carbocycles. The molecule has 0 amide bonds. The second kappa shape index (κ2) is 3.69. The first-order chi connectivity index (χ1) is 7.20. The monoisotopic (exact) mass is 199 g/mol. The van der Waals surface area contributed by atoms with Crippen molar-refractivity contribution in [3.8, 4) is 11.3 Å². The number of nitrogen functional groups attached to an aromatic ring is 1. The van der Waals surface area contributed by atoms with Crippen LogP contribution >= 0.6 is 0 Å². The summed E-state index contributed by atoms with van der Waals surface area (Å²) in [7, 11) is 0. The number of hydrogen-bond acceptors (Lipinski definition) is 3. The Bertz CT molecular complexity index is 492. The molecule has 3 heteroatoms. The molecule has 2 heterocycles. The van der Waals surface area contributed by atoms with Gasteiger partial charge in [0.25, 0.3) is 0 Å². The van der Waals surface area contributed by atoms with Gasteiger partial charge >= 0.3 is 0 Å². The standard InChI is InChI=1S/C12H13N3/c1-8-3-6-15-12(11(8)13)10-4-5-14-7-9(10)2/h3-7H,13H2,1-2H3. The zero-order valence-electron chi connectivity index (χ0n) is 8.86. The molecule has 0 aromatic carbocycles. The Labute approximate surface area is 89.0 Å². The number of aromatic nitrogens is 2. The van der Waals surface area contributed by atoms with Gasteiger partial charge in [0.15, 0.2) is 0 Å². The van der Waals surface area contributed by atoms with E-state index in [4.69, 9.17) is 5.73 Å². The number of aryl methyl sites for hydroxylation is 2. The molecule has 76 valence electrons. The van der Waals surface area contributed by atoms with Crippen molar-refractivity contribution in [2.75, 3.05) is 5.73 Å². The number of nitrogens with two attached hydrogens (primary N) is 1. The lowest BCUT2D eigenvalue weighted by molar-refractivity contribution is 1.23. The Hall–Kier alpha value is -1.90. The maximum atomic E-state index is 6.00. The van der Waals surface area contributed by atoms with Crippen molar-refractivity contribution in [3.63, 3.8) is 0 Å². The molecule has 0 atom stereocenters. The first-order valence-corrected chi connectivity index (χ1v) is 4.82. The van der Waals surface area contributed by atoms with E-state index >= 15 is 0 Å². The maximum Gasteiger partial charge on any atom is 0.0937 e. The van der Waals surface area contributed by atoms with Crippen LogP contribution < -0.4 is 5.73 Å². The first-order valence-electron chi connectivity index (χ1n) is 4.82. The van der Waals surface area contributed by atoms with E-state index in [0.29, 0.717) is 0 Å². The highest BCUT2D eigenvalue weighted by Gasteiger charge is 2.07. The molecule has 0 bridgehead atoms. The number of rotatable bonds is 1. The minimum atomic E-state index is 0.742. The highest BCUT2D eigenvalue weighted by molar-refractivity contribution is 5.76. The third kappa shape index (κ3) is 1.68. The van der Waals surface area contributed by atoms with Crippen LogP contribution in [0.4, 0.5) is 5.69 Å². The molecule has 2 aromatic rings. The average molecular weight is 199 g/mol. The number of hydrogen-bond donors (Lipinski definition) is 1. The maximum absolute atomic E-state index is 6.00. The van der Waals surface area contributed by atoms with Gasteiger partial charge < -0.3 is 5.73 Å². The lowest BCUT2D eigenvalue weighted by Crippen LogP contribution is -1.97. The fourth-order valence-corrected chi connectivity index (χ4v) is 1.52. The average Bonchev–Trinajstić information content (AvgIpc) is 2.23. The second-order valence-corrected chi connectivity index (χ2v) is 3.58. The molecular weight excluding hydrogens is 186 g/mol. The van der Waals surface area contributed by atoms with E-state index in [2.05, 4.69) is 9.97 Å². The predicted molar refractivity (Wildman–Crippen MR) is 61.4 cm³/mol. The number of anilines is 1. The van der Waals surface area contributed by atoms with E-state index in [1.54, 1.807) is 12.4 Å². The summed E-state index contributed by atoms with van der Waals surface area (Å²) in [4.78, 5) is 8.37. The van der Waals surface area contributed by atoms with Gasteiger partial charge in [0, 0.05) is 24.2 Å². The van der Waals surface area contributed by atoms with E-state index < -0.39 is 0 Å². The fourth-order valence-electron chi connectivity index (χ4n) is 1.52. The zero-order valence-corrected chi connectivity index (χ0v) is 8.86. The van der Waals surface area contributed by atoms with Crippen LogP contribution in [0, 0.1) is 13.8 Å². The summed E-state index contributed by atoms with van der Waals surface area (Å²) in [6.45, 7) is 3.99. The summed E-state index contributed by atoms with van der Waals surface area (Å²) < 4.78 is 0.